The second kappa shape index (κ2) is 15.4. The molecule has 1 aliphatic heterocycles. The molecule has 0 radical (unpaired) electrons. The molecule has 232 valence electrons. The number of rotatable bonds is 13. The van der Waals surface area contributed by atoms with Crippen LogP contribution in [0.15, 0.2) is 91.0 Å². The molecule has 0 unspecified atom stereocenters. The van der Waals surface area contributed by atoms with Crippen LogP contribution in [0.5, 0.6) is 0 Å². The summed E-state index contributed by atoms with van der Waals surface area (Å²) in [5, 5.41) is 11.8. The van der Waals surface area contributed by atoms with Crippen molar-refractivity contribution in [3.05, 3.63) is 108 Å². The maximum atomic E-state index is 11.8. The lowest BCUT2D eigenvalue weighted by Gasteiger charge is -2.48. The predicted molar refractivity (Wildman–Crippen MR) is 167 cm³/mol. The monoisotopic (exact) mass is 588 g/mol. The molecular weight excluding hydrogens is 540 g/mol. The molecule has 0 amide bonds. The van der Waals surface area contributed by atoms with Gasteiger partial charge in [0.1, 0.15) is 24.4 Å². The normalized spacial score (nSPS) is 29.5. The summed E-state index contributed by atoms with van der Waals surface area (Å²) < 4.78 is 32.4. The molecule has 1 saturated heterocycles. The van der Waals surface area contributed by atoms with E-state index in [1.54, 1.807) is 0 Å². The number of benzene rings is 3. The third kappa shape index (κ3) is 8.98. The van der Waals surface area contributed by atoms with Crippen LogP contribution in [-0.2, 0) is 43.5 Å². The average molecular weight is 589 g/mol. The van der Waals surface area contributed by atoms with E-state index in [2.05, 4.69) is 20.8 Å². The Morgan fingerprint density at radius 1 is 0.744 bits per heavy atom. The van der Waals surface area contributed by atoms with Crippen molar-refractivity contribution in [1.29, 1.82) is 0 Å². The van der Waals surface area contributed by atoms with Crippen molar-refractivity contribution in [1.82, 2.24) is 0 Å². The first-order valence-corrected chi connectivity index (χ1v) is 15.8. The molecule has 1 N–H and O–H groups in total. The van der Waals surface area contributed by atoms with Crippen LogP contribution in [0.4, 0.5) is 0 Å². The van der Waals surface area contributed by atoms with Gasteiger partial charge in [0.2, 0.25) is 0 Å². The molecule has 5 rings (SSSR count). The number of hydrogen-bond donors (Lipinski definition) is 1. The van der Waals surface area contributed by atoms with Gasteiger partial charge in [-0.2, -0.15) is 0 Å². The molecule has 0 aromatic heterocycles. The summed E-state index contributed by atoms with van der Waals surface area (Å²) in [6.45, 7) is 8.17. The van der Waals surface area contributed by atoms with Crippen molar-refractivity contribution in [2.75, 3.05) is 6.61 Å². The van der Waals surface area contributed by atoms with Gasteiger partial charge in [-0.05, 0) is 61.1 Å². The molecule has 1 aliphatic carbocycles. The fourth-order valence-corrected chi connectivity index (χ4v) is 6.23. The van der Waals surface area contributed by atoms with Crippen LogP contribution < -0.4 is 0 Å². The maximum absolute atomic E-state index is 11.8. The van der Waals surface area contributed by atoms with E-state index in [-0.39, 0.29) is 12.2 Å². The highest BCUT2D eigenvalue weighted by atomic mass is 16.7. The Labute approximate surface area is 257 Å². The molecule has 43 heavy (non-hydrogen) atoms. The predicted octanol–water partition coefficient (Wildman–Crippen LogP) is 7.08. The third-order valence-corrected chi connectivity index (χ3v) is 9.01. The molecule has 6 nitrogen and oxygen atoms in total. The van der Waals surface area contributed by atoms with Crippen LogP contribution in [0.3, 0.4) is 0 Å². The minimum absolute atomic E-state index is 0.276. The highest BCUT2D eigenvalue weighted by Crippen LogP contribution is 2.40. The zero-order valence-corrected chi connectivity index (χ0v) is 25.8. The van der Waals surface area contributed by atoms with Gasteiger partial charge in [0.05, 0.1) is 32.0 Å². The van der Waals surface area contributed by atoms with Crippen LogP contribution in [0.1, 0.15) is 63.1 Å². The Morgan fingerprint density at radius 2 is 1.23 bits per heavy atom. The van der Waals surface area contributed by atoms with Gasteiger partial charge in [-0.25, -0.2) is 0 Å². The standard InChI is InChI=1S/C37H48O6/c1-27(2)31-19-21-37(3,22-20-31)43-36-33(38)35(41-25-30-17-11-6-12-18-30)34(40-24-29-15-9-5-10-16-29)32(42-36)26-39-23-28-13-7-4-8-14-28/h4-18,27,31-36,38H,19-26H2,1-3H3/t31?,32-,33-,34-,35-,36+,37?/m1/s1. The summed E-state index contributed by atoms with van der Waals surface area (Å²) in [7, 11) is 0. The van der Waals surface area contributed by atoms with Crippen molar-refractivity contribution in [3.63, 3.8) is 0 Å². The Kier molecular flexibility index (Phi) is 11.4. The van der Waals surface area contributed by atoms with Crippen molar-refractivity contribution < 1.29 is 28.8 Å². The molecule has 2 aliphatic rings. The van der Waals surface area contributed by atoms with E-state index in [4.69, 9.17) is 23.7 Å². The smallest absolute Gasteiger partial charge is 0.187 e. The van der Waals surface area contributed by atoms with Gasteiger partial charge in [0.15, 0.2) is 6.29 Å². The van der Waals surface area contributed by atoms with Gasteiger partial charge in [-0.1, -0.05) is 105 Å². The average Bonchev–Trinajstić information content (AvgIpc) is 3.03. The minimum Gasteiger partial charge on any atom is -0.385 e. The van der Waals surface area contributed by atoms with E-state index in [1.807, 2.05) is 91.0 Å². The molecule has 6 heteroatoms. The van der Waals surface area contributed by atoms with E-state index in [1.165, 1.54) is 0 Å². The van der Waals surface area contributed by atoms with Gasteiger partial charge < -0.3 is 28.8 Å². The minimum atomic E-state index is -1.03. The van der Waals surface area contributed by atoms with E-state index >= 15 is 0 Å². The molecule has 3 aromatic rings. The molecule has 3 aromatic carbocycles. The van der Waals surface area contributed by atoms with E-state index in [9.17, 15) is 5.11 Å². The van der Waals surface area contributed by atoms with E-state index in [0.717, 1.165) is 42.4 Å². The first kappa shape index (κ1) is 31.8. The van der Waals surface area contributed by atoms with Crippen LogP contribution in [-0.4, -0.2) is 48.0 Å². The first-order chi connectivity index (χ1) is 20.9. The highest BCUT2D eigenvalue weighted by molar-refractivity contribution is 5.15. The quantitative estimate of drug-likeness (QED) is 0.230. The fraction of sp³-hybridized carbons (Fsp3) is 0.514. The molecular formula is C37H48O6. The van der Waals surface area contributed by atoms with Crippen LogP contribution >= 0.6 is 0 Å². The zero-order valence-electron chi connectivity index (χ0n) is 25.8. The number of ether oxygens (including phenoxy) is 5. The summed E-state index contributed by atoms with van der Waals surface area (Å²) in [5.74, 6) is 1.36. The Balaban J connectivity index is 1.35. The SMILES string of the molecule is CC(C)C1CCC(C)(O[C@@H]2O[C@H](COCc3ccccc3)[C@@H](OCc3ccccc3)[C@H](OCc3ccccc3)[C@H]2O)CC1. The molecule has 5 atom stereocenters. The summed E-state index contributed by atoms with van der Waals surface area (Å²) in [6, 6.07) is 30.1. The first-order valence-electron chi connectivity index (χ1n) is 15.8. The van der Waals surface area contributed by atoms with Gasteiger partial charge in [-0.15, -0.1) is 0 Å². The van der Waals surface area contributed by atoms with Gasteiger partial charge >= 0.3 is 0 Å². The summed E-state index contributed by atoms with van der Waals surface area (Å²) in [6.07, 6.45) is 0.439. The summed E-state index contributed by atoms with van der Waals surface area (Å²) in [5.41, 5.74) is 2.76. The lowest BCUT2D eigenvalue weighted by atomic mass is 9.75. The number of aliphatic hydroxyl groups is 1. The van der Waals surface area contributed by atoms with Crippen LogP contribution in [0, 0.1) is 11.8 Å². The lowest BCUT2D eigenvalue weighted by Crippen LogP contribution is -2.62. The van der Waals surface area contributed by atoms with Crippen LogP contribution in [0.2, 0.25) is 0 Å². The van der Waals surface area contributed by atoms with Crippen molar-refractivity contribution in [2.24, 2.45) is 11.8 Å². The van der Waals surface area contributed by atoms with E-state index in [0.29, 0.717) is 31.7 Å². The molecule has 1 heterocycles. The van der Waals surface area contributed by atoms with Crippen molar-refractivity contribution in [3.8, 4) is 0 Å². The van der Waals surface area contributed by atoms with Gasteiger partial charge in [0, 0.05) is 0 Å². The Bertz CT molecular complexity index is 1200. The fourth-order valence-electron chi connectivity index (χ4n) is 6.23. The lowest BCUT2D eigenvalue weighted by molar-refractivity contribution is -0.341. The topological polar surface area (TPSA) is 66.4 Å². The molecule has 0 spiro atoms. The summed E-state index contributed by atoms with van der Waals surface area (Å²) >= 11 is 0. The molecule has 0 bridgehead atoms. The van der Waals surface area contributed by atoms with Crippen LogP contribution in [0.25, 0.3) is 0 Å². The number of aliphatic hydroxyl groups excluding tert-OH is 1. The molecule has 1 saturated carbocycles. The van der Waals surface area contributed by atoms with Crippen molar-refractivity contribution >= 4 is 0 Å². The largest absolute Gasteiger partial charge is 0.385 e. The second-order valence-corrected chi connectivity index (χ2v) is 12.7. The Morgan fingerprint density at radius 3 is 1.74 bits per heavy atom. The summed E-state index contributed by atoms with van der Waals surface area (Å²) in [4.78, 5) is 0. The van der Waals surface area contributed by atoms with Gasteiger partial charge in [-0.3, -0.25) is 0 Å². The third-order valence-electron chi connectivity index (χ3n) is 9.01. The Hall–Kier alpha value is -2.58. The van der Waals surface area contributed by atoms with E-state index < -0.39 is 30.7 Å². The maximum Gasteiger partial charge on any atom is 0.187 e. The zero-order chi connectivity index (χ0) is 30.1. The number of hydrogen-bond acceptors (Lipinski definition) is 6. The second-order valence-electron chi connectivity index (χ2n) is 12.7. The highest BCUT2D eigenvalue weighted by Gasteiger charge is 2.50. The molecule has 2 fully saturated rings. The van der Waals surface area contributed by atoms with Crippen molar-refractivity contribution in [2.45, 2.75) is 103 Å². The van der Waals surface area contributed by atoms with Gasteiger partial charge in [0.25, 0.3) is 0 Å².